The van der Waals surface area contributed by atoms with E-state index >= 15 is 0 Å². The van der Waals surface area contributed by atoms with Gasteiger partial charge in [0.05, 0.1) is 12.7 Å². The Morgan fingerprint density at radius 2 is 1.85 bits per heavy atom. The maximum atomic E-state index is 13.0. The summed E-state index contributed by atoms with van der Waals surface area (Å²) in [5.74, 6) is -0.780. The molecule has 4 rings (SSSR count). The molecule has 1 unspecified atom stereocenters. The maximum absolute atomic E-state index is 13.0. The molecule has 3 aromatic rings. The molecule has 10 nitrogen and oxygen atoms in total. The molecule has 2 aromatic carbocycles. The van der Waals surface area contributed by atoms with Crippen molar-refractivity contribution in [3.63, 3.8) is 0 Å². The molecule has 34 heavy (non-hydrogen) atoms. The number of nitrogens with one attached hydrogen (secondary N) is 2. The molecule has 1 aromatic heterocycles. The van der Waals surface area contributed by atoms with Gasteiger partial charge < -0.3 is 19.3 Å². The molecule has 0 spiro atoms. The van der Waals surface area contributed by atoms with Crippen molar-refractivity contribution < 1.29 is 32.0 Å². The Morgan fingerprint density at radius 1 is 1.12 bits per heavy atom. The van der Waals surface area contributed by atoms with Crippen molar-refractivity contribution in [3.05, 3.63) is 71.5 Å². The van der Waals surface area contributed by atoms with Gasteiger partial charge in [0, 0.05) is 17.7 Å². The second-order valence-corrected chi connectivity index (χ2v) is 9.45. The van der Waals surface area contributed by atoms with Crippen molar-refractivity contribution in [2.45, 2.75) is 36.8 Å². The van der Waals surface area contributed by atoms with Gasteiger partial charge in [-0.25, -0.2) is 17.9 Å². The van der Waals surface area contributed by atoms with Crippen LogP contribution in [0, 0.1) is 6.92 Å². The SMILES string of the molecule is COc1ccc(C(=O)OC(C(=O)Nc2cc(C)on2)c2ccccc2)cc1S(=O)(=O)NC1CC1. The first-order chi connectivity index (χ1) is 16.3. The summed E-state index contributed by atoms with van der Waals surface area (Å²) < 4.78 is 43.8. The average molecular weight is 486 g/mol. The number of nitrogens with zero attached hydrogens (tertiary/aromatic N) is 1. The van der Waals surface area contributed by atoms with Gasteiger partial charge in [0.1, 0.15) is 16.4 Å². The molecule has 1 fully saturated rings. The Balaban J connectivity index is 1.61. The number of rotatable bonds is 9. The number of aryl methyl sites for hydroxylation is 1. The van der Waals surface area contributed by atoms with E-state index in [1.54, 1.807) is 37.3 Å². The van der Waals surface area contributed by atoms with E-state index in [-0.39, 0.29) is 28.1 Å². The lowest BCUT2D eigenvalue weighted by Gasteiger charge is -2.18. The van der Waals surface area contributed by atoms with E-state index in [1.165, 1.54) is 31.4 Å². The van der Waals surface area contributed by atoms with Gasteiger partial charge in [-0.05, 0) is 38.0 Å². The Kier molecular flexibility index (Phi) is 6.66. The molecular weight excluding hydrogens is 462 g/mol. The predicted molar refractivity (Wildman–Crippen MR) is 121 cm³/mol. The van der Waals surface area contributed by atoms with E-state index in [1.807, 2.05) is 0 Å². The number of benzene rings is 2. The van der Waals surface area contributed by atoms with E-state index in [2.05, 4.69) is 15.2 Å². The van der Waals surface area contributed by atoms with Gasteiger partial charge in [0.25, 0.3) is 5.91 Å². The fraction of sp³-hybridized carbons (Fsp3) is 0.261. The molecule has 178 valence electrons. The van der Waals surface area contributed by atoms with Gasteiger partial charge in [0.15, 0.2) is 5.82 Å². The molecule has 2 N–H and O–H groups in total. The minimum atomic E-state index is -3.91. The highest BCUT2D eigenvalue weighted by atomic mass is 32.2. The summed E-state index contributed by atoms with van der Waals surface area (Å²) >= 11 is 0. The number of hydrogen-bond acceptors (Lipinski definition) is 8. The average Bonchev–Trinajstić information content (AvgIpc) is 3.54. The molecule has 1 saturated carbocycles. The van der Waals surface area contributed by atoms with Crippen LogP contribution in [0.3, 0.4) is 0 Å². The first-order valence-corrected chi connectivity index (χ1v) is 12.0. The van der Waals surface area contributed by atoms with Crippen LogP contribution in [0.5, 0.6) is 5.75 Å². The molecule has 0 radical (unpaired) electrons. The molecule has 11 heteroatoms. The maximum Gasteiger partial charge on any atom is 0.339 e. The number of sulfonamides is 1. The summed E-state index contributed by atoms with van der Waals surface area (Å²) in [6.45, 7) is 1.67. The van der Waals surface area contributed by atoms with E-state index in [0.29, 0.717) is 11.3 Å². The summed E-state index contributed by atoms with van der Waals surface area (Å²) in [5.41, 5.74) is 0.369. The molecule has 0 bridgehead atoms. The van der Waals surface area contributed by atoms with E-state index in [9.17, 15) is 18.0 Å². The van der Waals surface area contributed by atoms with Crippen LogP contribution in [-0.2, 0) is 19.6 Å². The molecule has 0 saturated heterocycles. The Bertz CT molecular complexity index is 1300. The van der Waals surface area contributed by atoms with Crippen LogP contribution in [0.15, 0.2) is 64.0 Å². The van der Waals surface area contributed by atoms with Gasteiger partial charge in [-0.2, -0.15) is 0 Å². The van der Waals surface area contributed by atoms with Crippen LogP contribution in [0.4, 0.5) is 5.82 Å². The minimum Gasteiger partial charge on any atom is -0.495 e. The smallest absolute Gasteiger partial charge is 0.339 e. The highest BCUT2D eigenvalue weighted by Crippen LogP contribution is 2.29. The lowest BCUT2D eigenvalue weighted by molar-refractivity contribution is -0.125. The van der Waals surface area contributed by atoms with Crippen LogP contribution in [0.25, 0.3) is 0 Å². The van der Waals surface area contributed by atoms with Crippen molar-refractivity contribution in [1.82, 2.24) is 9.88 Å². The molecular formula is C23H23N3O7S. The number of esters is 1. The van der Waals surface area contributed by atoms with Crippen molar-refractivity contribution in [3.8, 4) is 5.75 Å². The predicted octanol–water partition coefficient (Wildman–Crippen LogP) is 2.97. The zero-order valence-electron chi connectivity index (χ0n) is 18.5. The van der Waals surface area contributed by atoms with Crippen LogP contribution in [0.2, 0.25) is 0 Å². The lowest BCUT2D eigenvalue weighted by atomic mass is 10.1. The summed E-state index contributed by atoms with van der Waals surface area (Å²) in [5, 5.41) is 6.27. The summed E-state index contributed by atoms with van der Waals surface area (Å²) in [4.78, 5) is 25.8. The minimum absolute atomic E-state index is 0.0528. The third kappa shape index (κ3) is 5.43. The van der Waals surface area contributed by atoms with E-state index in [4.69, 9.17) is 14.0 Å². The van der Waals surface area contributed by atoms with Gasteiger partial charge in [-0.1, -0.05) is 35.5 Å². The number of methoxy groups -OCH3 is 1. The first-order valence-electron chi connectivity index (χ1n) is 10.5. The number of hydrogen-bond donors (Lipinski definition) is 2. The van der Waals surface area contributed by atoms with Gasteiger partial charge >= 0.3 is 5.97 Å². The highest BCUT2D eigenvalue weighted by Gasteiger charge is 2.31. The van der Waals surface area contributed by atoms with Crippen molar-refractivity contribution >= 4 is 27.7 Å². The Hall–Kier alpha value is -3.70. The normalized spacial score (nSPS) is 14.3. The summed E-state index contributed by atoms with van der Waals surface area (Å²) in [7, 11) is -2.57. The van der Waals surface area contributed by atoms with Gasteiger partial charge in [-0.3, -0.25) is 4.79 Å². The number of ether oxygens (including phenoxy) is 2. The van der Waals surface area contributed by atoms with Crippen molar-refractivity contribution in [1.29, 1.82) is 0 Å². The first kappa shape index (κ1) is 23.5. The van der Waals surface area contributed by atoms with Crippen molar-refractivity contribution in [2.24, 2.45) is 0 Å². The molecule has 0 aliphatic heterocycles. The van der Waals surface area contributed by atoms with E-state index in [0.717, 1.165) is 12.8 Å². The molecule has 1 amide bonds. The number of carbonyl (C=O) groups is 2. The topological polar surface area (TPSA) is 137 Å². The zero-order valence-corrected chi connectivity index (χ0v) is 19.3. The quantitative estimate of drug-likeness (QED) is 0.442. The lowest BCUT2D eigenvalue weighted by Crippen LogP contribution is -2.27. The number of aromatic nitrogens is 1. The third-order valence-corrected chi connectivity index (χ3v) is 6.57. The molecule has 1 aliphatic rings. The second kappa shape index (κ2) is 9.65. The monoisotopic (exact) mass is 485 g/mol. The molecule has 1 heterocycles. The second-order valence-electron chi connectivity index (χ2n) is 7.77. The molecule has 1 aliphatic carbocycles. The third-order valence-electron chi connectivity index (χ3n) is 5.03. The van der Waals surface area contributed by atoms with Crippen LogP contribution < -0.4 is 14.8 Å². The van der Waals surface area contributed by atoms with Crippen LogP contribution in [-0.4, -0.2) is 38.6 Å². The van der Waals surface area contributed by atoms with Gasteiger partial charge in [0.2, 0.25) is 16.1 Å². The van der Waals surface area contributed by atoms with Gasteiger partial charge in [-0.15, -0.1) is 0 Å². The summed E-state index contributed by atoms with van der Waals surface area (Å²) in [6.07, 6.45) is 0.183. The Labute approximate surface area is 196 Å². The van der Waals surface area contributed by atoms with Crippen LogP contribution in [0.1, 0.15) is 40.6 Å². The fourth-order valence-electron chi connectivity index (χ4n) is 3.19. The Morgan fingerprint density at radius 3 is 2.47 bits per heavy atom. The highest BCUT2D eigenvalue weighted by molar-refractivity contribution is 7.89. The fourth-order valence-corrected chi connectivity index (χ4v) is 4.69. The largest absolute Gasteiger partial charge is 0.495 e. The molecule has 1 atom stereocenters. The number of carbonyl (C=O) groups excluding carboxylic acids is 2. The number of amides is 1. The number of anilines is 1. The van der Waals surface area contributed by atoms with Crippen LogP contribution >= 0.6 is 0 Å². The van der Waals surface area contributed by atoms with E-state index < -0.39 is 28.0 Å². The zero-order chi connectivity index (χ0) is 24.3. The standard InChI is InChI=1S/C23H23N3O7S/c1-14-12-20(25-33-14)24-22(27)21(15-6-4-3-5-7-15)32-23(28)16-8-11-18(31-2)19(13-16)34(29,30)26-17-9-10-17/h3-8,11-13,17,21,26H,9-10H2,1-2H3,(H,24,25,27). The van der Waals surface area contributed by atoms with Crippen molar-refractivity contribution in [2.75, 3.05) is 12.4 Å². The summed E-state index contributed by atoms with van der Waals surface area (Å²) in [6, 6.07) is 13.7.